The van der Waals surface area contributed by atoms with Gasteiger partial charge in [0.1, 0.15) is 0 Å². The number of ether oxygens (including phenoxy) is 1. The van der Waals surface area contributed by atoms with Crippen LogP contribution in [-0.4, -0.2) is 16.4 Å². The summed E-state index contributed by atoms with van der Waals surface area (Å²) in [6.45, 7) is 0. The van der Waals surface area contributed by atoms with Crippen LogP contribution in [0.4, 0.5) is 4.79 Å². The van der Waals surface area contributed by atoms with Gasteiger partial charge in [-0.2, -0.15) is 0 Å². The molecule has 1 aromatic rings. The number of phenolic OH excluding ortho intramolecular Hbond substituents is 1. The van der Waals surface area contributed by atoms with E-state index < -0.39 is 6.16 Å². The number of aromatic hydroxyl groups is 1. The Kier molecular flexibility index (Phi) is 2.97. The number of alkyl halides is 1. The molecule has 0 radical (unpaired) electrons. The molecule has 0 saturated heterocycles. The minimum absolute atomic E-state index is 0.0999. The van der Waals surface area contributed by atoms with Crippen molar-refractivity contribution in [3.63, 3.8) is 0 Å². The first-order valence-electron chi connectivity index (χ1n) is 3.42. The quantitative estimate of drug-likeness (QED) is 0.438. The van der Waals surface area contributed by atoms with Crippen LogP contribution < -0.4 is 4.74 Å². The van der Waals surface area contributed by atoms with Gasteiger partial charge in [0.05, 0.1) is 5.88 Å². The van der Waals surface area contributed by atoms with Crippen LogP contribution >= 0.6 is 11.6 Å². The van der Waals surface area contributed by atoms with Crippen LogP contribution in [0.3, 0.4) is 0 Å². The van der Waals surface area contributed by atoms with E-state index in [0.717, 1.165) is 0 Å². The predicted molar refractivity (Wildman–Crippen MR) is 46.3 cm³/mol. The second-order valence-corrected chi connectivity index (χ2v) is 2.53. The van der Waals surface area contributed by atoms with Crippen molar-refractivity contribution in [1.82, 2.24) is 0 Å². The van der Waals surface area contributed by atoms with E-state index in [1.807, 2.05) is 0 Å². The molecule has 13 heavy (non-hydrogen) atoms. The van der Waals surface area contributed by atoms with Crippen LogP contribution in [-0.2, 0) is 5.88 Å². The topological polar surface area (TPSA) is 66.8 Å². The number of carboxylic acid groups (broad SMARTS) is 1. The fourth-order valence-electron chi connectivity index (χ4n) is 0.852. The summed E-state index contributed by atoms with van der Waals surface area (Å²) < 4.78 is 4.30. The Morgan fingerprint density at radius 2 is 2.23 bits per heavy atom. The minimum atomic E-state index is -1.47. The van der Waals surface area contributed by atoms with Crippen LogP contribution in [0.2, 0.25) is 0 Å². The van der Waals surface area contributed by atoms with Gasteiger partial charge >= 0.3 is 6.16 Å². The lowest BCUT2D eigenvalue weighted by Crippen LogP contribution is -2.03. The van der Waals surface area contributed by atoms with Crippen LogP contribution in [0.1, 0.15) is 5.56 Å². The molecule has 0 atom stereocenters. The summed E-state index contributed by atoms with van der Waals surface area (Å²) in [7, 11) is 0. The van der Waals surface area contributed by atoms with E-state index >= 15 is 0 Å². The summed E-state index contributed by atoms with van der Waals surface area (Å²) in [5.41, 5.74) is 0.431. The zero-order valence-corrected chi connectivity index (χ0v) is 7.28. The predicted octanol–water partition coefficient (Wildman–Crippen LogP) is 2.19. The summed E-state index contributed by atoms with van der Waals surface area (Å²) in [6, 6.07) is 4.48. The van der Waals surface area contributed by atoms with Gasteiger partial charge in [0.25, 0.3) is 0 Å². The van der Waals surface area contributed by atoms with Gasteiger partial charge in [-0.05, 0) is 6.07 Å². The van der Waals surface area contributed by atoms with Crippen molar-refractivity contribution in [2.45, 2.75) is 5.88 Å². The number of halogens is 1. The maximum atomic E-state index is 10.2. The summed E-state index contributed by atoms with van der Waals surface area (Å²) in [6.07, 6.45) is -1.47. The minimum Gasteiger partial charge on any atom is -0.504 e. The maximum Gasteiger partial charge on any atom is 0.511 e. The highest BCUT2D eigenvalue weighted by molar-refractivity contribution is 6.17. The van der Waals surface area contributed by atoms with Crippen LogP contribution in [0.5, 0.6) is 11.5 Å². The monoisotopic (exact) mass is 202 g/mol. The Morgan fingerprint density at radius 3 is 2.77 bits per heavy atom. The van der Waals surface area contributed by atoms with Gasteiger partial charge in [0.15, 0.2) is 11.5 Å². The SMILES string of the molecule is O=C(O)Oc1cccc(CCl)c1O. The third-order valence-electron chi connectivity index (χ3n) is 1.42. The number of phenols is 1. The molecule has 0 spiro atoms. The molecule has 4 nitrogen and oxygen atoms in total. The maximum absolute atomic E-state index is 10.2. The standard InChI is InChI=1S/C8H7ClO4/c9-4-5-2-1-3-6(7(5)10)13-8(11)12/h1-3,10H,4H2,(H,11,12). The molecule has 2 N–H and O–H groups in total. The van der Waals surface area contributed by atoms with Crippen molar-refractivity contribution in [3.8, 4) is 11.5 Å². The third kappa shape index (κ3) is 2.26. The van der Waals surface area contributed by atoms with Crippen molar-refractivity contribution >= 4 is 17.8 Å². The smallest absolute Gasteiger partial charge is 0.504 e. The second kappa shape index (κ2) is 4.00. The molecule has 0 saturated carbocycles. The van der Waals surface area contributed by atoms with E-state index in [4.69, 9.17) is 16.7 Å². The van der Waals surface area contributed by atoms with Gasteiger partial charge in [-0.3, -0.25) is 0 Å². The Bertz CT molecular complexity index is 324. The first-order chi connectivity index (χ1) is 6.15. The zero-order chi connectivity index (χ0) is 9.84. The fraction of sp³-hybridized carbons (Fsp3) is 0.125. The molecule has 0 amide bonds. The lowest BCUT2D eigenvalue weighted by Gasteiger charge is -2.05. The van der Waals surface area contributed by atoms with Gasteiger partial charge in [0.2, 0.25) is 0 Å². The molecule has 5 heteroatoms. The summed E-state index contributed by atoms with van der Waals surface area (Å²) in [5, 5.41) is 17.7. The van der Waals surface area contributed by atoms with E-state index in [-0.39, 0.29) is 17.4 Å². The van der Waals surface area contributed by atoms with Crippen molar-refractivity contribution in [2.24, 2.45) is 0 Å². The number of para-hydroxylation sites is 1. The highest BCUT2D eigenvalue weighted by Crippen LogP contribution is 2.30. The first-order valence-corrected chi connectivity index (χ1v) is 3.96. The Balaban J connectivity index is 3.01. The largest absolute Gasteiger partial charge is 0.511 e. The molecule has 0 heterocycles. The molecule has 0 bridgehead atoms. The molecule has 1 rings (SSSR count). The van der Waals surface area contributed by atoms with Crippen molar-refractivity contribution in [1.29, 1.82) is 0 Å². The lowest BCUT2D eigenvalue weighted by molar-refractivity contribution is 0.143. The molecule has 0 aliphatic heterocycles. The molecule has 0 aliphatic carbocycles. The fourth-order valence-corrected chi connectivity index (χ4v) is 1.07. The lowest BCUT2D eigenvalue weighted by atomic mass is 10.2. The van der Waals surface area contributed by atoms with Crippen molar-refractivity contribution < 1.29 is 19.7 Å². The molecule has 0 unspecified atom stereocenters. The van der Waals surface area contributed by atoms with Crippen LogP contribution in [0, 0.1) is 0 Å². The average molecular weight is 203 g/mol. The molecule has 0 aliphatic rings. The molecule has 70 valence electrons. The number of hydrogen-bond donors (Lipinski definition) is 2. The Morgan fingerprint density at radius 1 is 1.54 bits per heavy atom. The van der Waals surface area contributed by atoms with Gasteiger partial charge in [-0.25, -0.2) is 4.79 Å². The Labute approximate surface area is 79.3 Å². The normalized spacial score (nSPS) is 9.62. The first kappa shape index (κ1) is 9.67. The van der Waals surface area contributed by atoms with E-state index in [1.165, 1.54) is 6.07 Å². The highest BCUT2D eigenvalue weighted by atomic mass is 35.5. The molecular formula is C8H7ClO4. The highest BCUT2D eigenvalue weighted by Gasteiger charge is 2.09. The number of hydrogen-bond acceptors (Lipinski definition) is 3. The summed E-state index contributed by atoms with van der Waals surface area (Å²) in [5.74, 6) is -0.242. The van der Waals surface area contributed by atoms with Crippen molar-refractivity contribution in [2.75, 3.05) is 0 Å². The number of rotatable bonds is 2. The van der Waals surface area contributed by atoms with Crippen LogP contribution in [0.25, 0.3) is 0 Å². The molecular weight excluding hydrogens is 196 g/mol. The third-order valence-corrected chi connectivity index (χ3v) is 1.71. The van der Waals surface area contributed by atoms with E-state index in [0.29, 0.717) is 5.56 Å². The van der Waals surface area contributed by atoms with Gasteiger partial charge in [-0.15, -0.1) is 11.6 Å². The number of carbonyl (C=O) groups is 1. The van der Waals surface area contributed by atoms with E-state index in [9.17, 15) is 9.90 Å². The average Bonchev–Trinajstić information content (AvgIpc) is 2.08. The van der Waals surface area contributed by atoms with Gasteiger partial charge < -0.3 is 14.9 Å². The summed E-state index contributed by atoms with van der Waals surface area (Å²) in [4.78, 5) is 10.2. The van der Waals surface area contributed by atoms with Crippen molar-refractivity contribution in [3.05, 3.63) is 23.8 Å². The zero-order valence-electron chi connectivity index (χ0n) is 6.53. The molecule has 0 aromatic heterocycles. The van der Waals surface area contributed by atoms with E-state index in [2.05, 4.69) is 4.74 Å². The number of benzene rings is 1. The summed E-state index contributed by atoms with van der Waals surface area (Å²) >= 11 is 5.48. The molecule has 1 aromatic carbocycles. The van der Waals surface area contributed by atoms with E-state index in [1.54, 1.807) is 12.1 Å². The second-order valence-electron chi connectivity index (χ2n) is 2.27. The Hall–Kier alpha value is -1.42. The molecule has 0 fully saturated rings. The van der Waals surface area contributed by atoms with Gasteiger partial charge in [0, 0.05) is 5.56 Å². The van der Waals surface area contributed by atoms with Gasteiger partial charge in [-0.1, -0.05) is 12.1 Å². The van der Waals surface area contributed by atoms with Crippen LogP contribution in [0.15, 0.2) is 18.2 Å².